The fourth-order valence-corrected chi connectivity index (χ4v) is 4.02. The second-order valence-corrected chi connectivity index (χ2v) is 7.93. The predicted octanol–water partition coefficient (Wildman–Crippen LogP) is 3.10. The van der Waals surface area contributed by atoms with E-state index in [1.54, 1.807) is 4.90 Å². The molecule has 2 aliphatic rings. The molecule has 2 aromatic carbocycles. The summed E-state index contributed by atoms with van der Waals surface area (Å²) in [7, 11) is 1.29. The van der Waals surface area contributed by atoms with E-state index in [9.17, 15) is 19.2 Å². The molecule has 31 heavy (non-hydrogen) atoms. The van der Waals surface area contributed by atoms with Crippen LogP contribution in [0.25, 0.3) is 0 Å². The number of hydrogen-bond acceptors (Lipinski definition) is 5. The van der Waals surface area contributed by atoms with Crippen molar-refractivity contribution in [3.63, 3.8) is 0 Å². The molecule has 160 valence electrons. The molecule has 0 aromatic heterocycles. The van der Waals surface area contributed by atoms with Crippen LogP contribution in [0.5, 0.6) is 0 Å². The van der Waals surface area contributed by atoms with Crippen molar-refractivity contribution in [1.29, 1.82) is 0 Å². The number of esters is 1. The molecule has 2 fully saturated rings. The van der Waals surface area contributed by atoms with Crippen LogP contribution in [0.2, 0.25) is 0 Å². The van der Waals surface area contributed by atoms with Crippen LogP contribution in [-0.4, -0.2) is 41.7 Å². The van der Waals surface area contributed by atoms with Gasteiger partial charge < -0.3 is 9.64 Å². The molecule has 7 nitrogen and oxygen atoms in total. The molecule has 2 unspecified atom stereocenters. The van der Waals surface area contributed by atoms with Crippen molar-refractivity contribution in [3.8, 4) is 0 Å². The minimum absolute atomic E-state index is 0.0623. The van der Waals surface area contributed by atoms with E-state index in [2.05, 4.69) is 4.74 Å². The minimum Gasteiger partial charge on any atom is -0.465 e. The summed E-state index contributed by atoms with van der Waals surface area (Å²) in [6.45, 7) is 1.89. The van der Waals surface area contributed by atoms with Gasteiger partial charge in [0.2, 0.25) is 11.8 Å². The Hall–Kier alpha value is -3.48. The Morgan fingerprint density at radius 1 is 1.03 bits per heavy atom. The first-order valence-corrected chi connectivity index (χ1v) is 10.3. The number of amides is 3. The number of anilines is 1. The number of ether oxygens (including phenoxy) is 1. The maximum absolute atomic E-state index is 13.3. The summed E-state index contributed by atoms with van der Waals surface area (Å²) in [4.78, 5) is 53.7. The van der Waals surface area contributed by atoms with E-state index >= 15 is 0 Å². The summed E-state index contributed by atoms with van der Waals surface area (Å²) in [6, 6.07) is 14.4. The van der Waals surface area contributed by atoms with E-state index in [4.69, 9.17) is 0 Å². The van der Waals surface area contributed by atoms with E-state index in [0.29, 0.717) is 11.3 Å². The number of carbonyl (C=O) groups excluding carboxylic acids is 4. The first-order chi connectivity index (χ1) is 14.9. The predicted molar refractivity (Wildman–Crippen MR) is 113 cm³/mol. The van der Waals surface area contributed by atoms with E-state index < -0.39 is 17.9 Å². The fraction of sp³-hybridized carbons (Fsp3) is 0.333. The number of benzene rings is 2. The summed E-state index contributed by atoms with van der Waals surface area (Å²) in [5.41, 5.74) is 1.61. The van der Waals surface area contributed by atoms with Gasteiger partial charge in [-0.3, -0.25) is 14.4 Å². The Morgan fingerprint density at radius 3 is 2.26 bits per heavy atom. The van der Waals surface area contributed by atoms with Gasteiger partial charge in [0.25, 0.3) is 5.91 Å². The lowest BCUT2D eigenvalue weighted by Gasteiger charge is -2.33. The maximum Gasteiger partial charge on any atom is 0.337 e. The maximum atomic E-state index is 13.3. The van der Waals surface area contributed by atoms with Gasteiger partial charge >= 0.3 is 5.97 Å². The number of carbonyl (C=O) groups is 4. The van der Waals surface area contributed by atoms with Crippen LogP contribution in [0.1, 0.15) is 48.1 Å². The van der Waals surface area contributed by atoms with E-state index in [-0.39, 0.29) is 30.2 Å². The highest BCUT2D eigenvalue weighted by Crippen LogP contribution is 2.38. The summed E-state index contributed by atoms with van der Waals surface area (Å²) in [5, 5.41) is 0. The third-order valence-electron chi connectivity index (χ3n) is 5.89. The van der Waals surface area contributed by atoms with Gasteiger partial charge in [0.15, 0.2) is 0 Å². The van der Waals surface area contributed by atoms with Crippen molar-refractivity contribution < 1.29 is 23.9 Å². The van der Waals surface area contributed by atoms with Gasteiger partial charge in [0.05, 0.1) is 30.8 Å². The van der Waals surface area contributed by atoms with Crippen molar-refractivity contribution in [2.24, 2.45) is 5.92 Å². The first-order valence-electron chi connectivity index (χ1n) is 10.3. The summed E-state index contributed by atoms with van der Waals surface area (Å²) in [5.74, 6) is -1.45. The highest BCUT2D eigenvalue weighted by atomic mass is 16.5. The van der Waals surface area contributed by atoms with Crippen LogP contribution in [0.15, 0.2) is 54.6 Å². The first kappa shape index (κ1) is 20.8. The highest BCUT2D eigenvalue weighted by Gasteiger charge is 2.48. The molecule has 1 aliphatic carbocycles. The molecule has 1 heterocycles. The smallest absolute Gasteiger partial charge is 0.337 e. The van der Waals surface area contributed by atoms with Gasteiger partial charge in [0.1, 0.15) is 6.04 Å². The number of rotatable bonds is 6. The van der Waals surface area contributed by atoms with Crippen molar-refractivity contribution >= 4 is 29.4 Å². The molecule has 4 rings (SSSR count). The number of hydrogen-bond donors (Lipinski definition) is 0. The Morgan fingerprint density at radius 2 is 1.68 bits per heavy atom. The van der Waals surface area contributed by atoms with Gasteiger partial charge in [-0.2, -0.15) is 0 Å². The number of methoxy groups -OCH3 is 1. The molecule has 0 radical (unpaired) electrons. The third-order valence-corrected chi connectivity index (χ3v) is 5.89. The normalized spacial score (nSPS) is 19.3. The second-order valence-electron chi connectivity index (χ2n) is 7.93. The fourth-order valence-electron chi connectivity index (χ4n) is 4.02. The van der Waals surface area contributed by atoms with Crippen LogP contribution in [-0.2, 0) is 19.1 Å². The zero-order valence-corrected chi connectivity index (χ0v) is 17.5. The van der Waals surface area contributed by atoms with Crippen LogP contribution in [0.3, 0.4) is 0 Å². The molecule has 2 aromatic rings. The molecule has 0 bridgehead atoms. The number of nitrogens with zero attached hydrogens (tertiary/aromatic N) is 2. The molecule has 1 aliphatic heterocycles. The minimum atomic E-state index is -0.851. The second kappa shape index (κ2) is 8.34. The lowest BCUT2D eigenvalue weighted by Crippen LogP contribution is -2.47. The summed E-state index contributed by atoms with van der Waals surface area (Å²) >= 11 is 0. The molecular formula is C24H24N2O5. The average Bonchev–Trinajstić information content (AvgIpc) is 3.60. The topological polar surface area (TPSA) is 84.0 Å². The summed E-state index contributed by atoms with van der Waals surface area (Å²) < 4.78 is 4.68. The van der Waals surface area contributed by atoms with E-state index in [1.807, 2.05) is 37.3 Å². The molecule has 1 saturated heterocycles. The van der Waals surface area contributed by atoms with E-state index in [1.165, 1.54) is 31.4 Å². The van der Waals surface area contributed by atoms with Crippen LogP contribution in [0, 0.1) is 5.92 Å². The zero-order chi connectivity index (χ0) is 22.1. The Kier molecular flexibility index (Phi) is 5.59. The van der Waals surface area contributed by atoms with Crippen molar-refractivity contribution in [1.82, 2.24) is 4.90 Å². The van der Waals surface area contributed by atoms with Crippen LogP contribution in [0.4, 0.5) is 5.69 Å². The highest BCUT2D eigenvalue weighted by molar-refractivity contribution is 6.23. The lowest BCUT2D eigenvalue weighted by atomic mass is 10.0. The van der Waals surface area contributed by atoms with E-state index in [0.717, 1.165) is 23.3 Å². The monoisotopic (exact) mass is 420 g/mol. The SMILES string of the molecule is COC(=O)c1ccc(N2C(=O)CC(N(C(=O)C3CC3)C(C)c3ccccc3)C2=O)cc1. The van der Waals surface area contributed by atoms with Gasteiger partial charge in [-0.25, -0.2) is 9.69 Å². The molecule has 2 atom stereocenters. The number of imide groups is 1. The Balaban J connectivity index is 1.63. The van der Waals surface area contributed by atoms with Crippen LogP contribution >= 0.6 is 0 Å². The third kappa shape index (κ3) is 3.95. The van der Waals surface area contributed by atoms with Crippen molar-refractivity contribution in [2.75, 3.05) is 12.0 Å². The molecule has 7 heteroatoms. The molecule has 0 spiro atoms. The molecular weight excluding hydrogens is 396 g/mol. The standard InChI is InChI=1S/C24H24N2O5/c1-15(16-6-4-3-5-7-16)25(22(28)17-8-9-17)20-14-21(27)26(23(20)29)19-12-10-18(11-13-19)24(30)31-2/h3-7,10-13,15,17,20H,8-9,14H2,1-2H3. The average molecular weight is 420 g/mol. The van der Waals surface area contributed by atoms with Crippen molar-refractivity contribution in [2.45, 2.75) is 38.3 Å². The Bertz CT molecular complexity index is 1010. The molecule has 3 amide bonds. The van der Waals surface area contributed by atoms with Gasteiger partial charge in [-0.15, -0.1) is 0 Å². The van der Waals surface area contributed by atoms with Gasteiger partial charge in [0, 0.05) is 5.92 Å². The van der Waals surface area contributed by atoms with Gasteiger partial charge in [-0.05, 0) is 49.6 Å². The quantitative estimate of drug-likeness (QED) is 0.530. The Labute approximate surface area is 180 Å². The molecule has 1 saturated carbocycles. The largest absolute Gasteiger partial charge is 0.465 e. The van der Waals surface area contributed by atoms with Crippen LogP contribution < -0.4 is 4.90 Å². The molecule has 0 N–H and O–H groups in total. The zero-order valence-electron chi connectivity index (χ0n) is 17.5. The van der Waals surface area contributed by atoms with Crippen molar-refractivity contribution in [3.05, 3.63) is 65.7 Å². The summed E-state index contributed by atoms with van der Waals surface area (Å²) in [6.07, 6.45) is 1.56. The van der Waals surface area contributed by atoms with Gasteiger partial charge in [-0.1, -0.05) is 30.3 Å². The lowest BCUT2D eigenvalue weighted by molar-refractivity contribution is -0.142.